The van der Waals surface area contributed by atoms with Gasteiger partial charge in [0.1, 0.15) is 17.1 Å². The first-order valence-electron chi connectivity index (χ1n) is 12.2. The Hall–Kier alpha value is -3.86. The van der Waals surface area contributed by atoms with Gasteiger partial charge in [0.25, 0.3) is 23.8 Å². The van der Waals surface area contributed by atoms with E-state index >= 15 is 0 Å². The summed E-state index contributed by atoms with van der Waals surface area (Å²) in [5.41, 5.74) is -8.88. The predicted molar refractivity (Wildman–Crippen MR) is 119 cm³/mol. The second-order valence-electron chi connectivity index (χ2n) is 11.0. The molecule has 4 fully saturated rings. The summed E-state index contributed by atoms with van der Waals surface area (Å²) in [5.74, 6) is -22.2. The summed E-state index contributed by atoms with van der Waals surface area (Å²) in [6.45, 7) is 0. The summed E-state index contributed by atoms with van der Waals surface area (Å²) in [6, 6.07) is 0. The van der Waals surface area contributed by atoms with Gasteiger partial charge in [-0.3, -0.25) is 0 Å². The number of aromatic nitrogens is 2. The number of anilines is 2. The van der Waals surface area contributed by atoms with Crippen molar-refractivity contribution >= 4 is 11.4 Å². The van der Waals surface area contributed by atoms with Gasteiger partial charge in [-0.1, -0.05) is 0 Å². The summed E-state index contributed by atoms with van der Waals surface area (Å²) < 4.78 is 171. The van der Waals surface area contributed by atoms with Crippen molar-refractivity contribution in [3.05, 3.63) is 70.4 Å². The quantitative estimate of drug-likeness (QED) is 0.189. The number of rotatable bonds is 6. The van der Waals surface area contributed by atoms with Gasteiger partial charge >= 0.3 is 0 Å². The zero-order valence-electron chi connectivity index (χ0n) is 20.6. The van der Waals surface area contributed by atoms with E-state index in [1.54, 1.807) is 0 Å². The molecule has 4 bridgehead atoms. The van der Waals surface area contributed by atoms with E-state index < -0.39 is 111 Å². The standard InChI is InChI=1S/C24H16F12N6/c25-7-13(8(26)17(32)37-16(7)31)40-22-1-6-2-23(3-22,41-14-9(27)18(33)38-19(34)10(14)28)5-24(6,4-22)42-15-11(29)20(35)39-21(36)12(15)30/h6,20,39,42H,1-5H2,(H,37,40)(H,38,41). The largest absolute Gasteiger partial charge is 0.374 e. The highest BCUT2D eigenvalue weighted by Crippen LogP contribution is 2.66. The summed E-state index contributed by atoms with van der Waals surface area (Å²) in [7, 11) is 0. The SMILES string of the molecule is FC1=C(F)C(NC23CC4(Nc5c(F)c(F)nc(F)c5F)CC2CC(Nc2c(F)c(F)nc(F)c2F)(C4)C3)=C(F)C(F)N1. The minimum atomic E-state index is -2.81. The van der Waals surface area contributed by atoms with Crippen molar-refractivity contribution in [1.82, 2.24) is 20.6 Å². The Morgan fingerprint density at radius 3 is 1.48 bits per heavy atom. The van der Waals surface area contributed by atoms with Crippen LogP contribution in [0.4, 0.5) is 64.1 Å². The molecule has 42 heavy (non-hydrogen) atoms. The molecule has 0 aromatic carbocycles. The number of nitrogens with one attached hydrogen (secondary N) is 4. The fourth-order valence-electron chi connectivity index (χ4n) is 7.16. The molecule has 18 heteroatoms. The number of pyridine rings is 2. The van der Waals surface area contributed by atoms with E-state index in [-0.39, 0.29) is 32.1 Å². The maximum atomic E-state index is 14.7. The van der Waals surface area contributed by atoms with Gasteiger partial charge in [0.2, 0.25) is 41.3 Å². The minimum absolute atomic E-state index is 0.155. The maximum absolute atomic E-state index is 14.7. The van der Waals surface area contributed by atoms with E-state index in [4.69, 9.17) is 0 Å². The number of nitrogens with zero attached hydrogens (tertiary/aromatic N) is 2. The summed E-state index contributed by atoms with van der Waals surface area (Å²) in [5, 5.41) is 8.41. The van der Waals surface area contributed by atoms with Crippen molar-refractivity contribution < 1.29 is 52.7 Å². The number of allylic oxidation sites excluding steroid dienone is 1. The molecule has 0 radical (unpaired) electrons. The first-order valence-corrected chi connectivity index (χ1v) is 12.2. The van der Waals surface area contributed by atoms with Crippen molar-refractivity contribution in [3.63, 3.8) is 0 Å². The minimum Gasteiger partial charge on any atom is -0.374 e. The van der Waals surface area contributed by atoms with Crippen molar-refractivity contribution in [1.29, 1.82) is 0 Å². The van der Waals surface area contributed by atoms with E-state index in [9.17, 15) is 52.7 Å². The van der Waals surface area contributed by atoms with E-state index in [1.807, 2.05) is 0 Å². The molecule has 0 spiro atoms. The van der Waals surface area contributed by atoms with E-state index in [1.165, 1.54) is 5.32 Å². The number of halogens is 12. The van der Waals surface area contributed by atoms with Crippen LogP contribution in [0.15, 0.2) is 23.3 Å². The Morgan fingerprint density at radius 1 is 0.619 bits per heavy atom. The van der Waals surface area contributed by atoms with Gasteiger partial charge in [-0.25, -0.2) is 8.78 Å². The lowest BCUT2D eigenvalue weighted by Crippen LogP contribution is -2.58. The highest BCUT2D eigenvalue weighted by Gasteiger charge is 2.70. The van der Waals surface area contributed by atoms with Crippen LogP contribution in [-0.2, 0) is 0 Å². The van der Waals surface area contributed by atoms with Crippen LogP contribution in [0.1, 0.15) is 32.1 Å². The Labute approximate surface area is 227 Å². The van der Waals surface area contributed by atoms with Crippen LogP contribution in [0, 0.1) is 53.0 Å². The van der Waals surface area contributed by atoms with Crippen LogP contribution in [0.5, 0.6) is 0 Å². The van der Waals surface area contributed by atoms with Gasteiger partial charge in [-0.15, -0.1) is 0 Å². The van der Waals surface area contributed by atoms with Crippen LogP contribution in [-0.4, -0.2) is 32.9 Å². The van der Waals surface area contributed by atoms with E-state index in [2.05, 4.69) is 25.9 Å². The third-order valence-corrected chi connectivity index (χ3v) is 8.32. The number of alkyl halides is 1. The molecular formula is C24H16F12N6. The second-order valence-corrected chi connectivity index (χ2v) is 11.0. The van der Waals surface area contributed by atoms with Gasteiger partial charge in [-0.2, -0.15) is 53.9 Å². The summed E-state index contributed by atoms with van der Waals surface area (Å²) in [4.78, 5) is 4.91. The zero-order valence-corrected chi connectivity index (χ0v) is 20.6. The average molecular weight is 616 g/mol. The smallest absolute Gasteiger partial charge is 0.253 e. The van der Waals surface area contributed by atoms with Crippen molar-refractivity contribution in [2.24, 2.45) is 5.92 Å². The number of hydrogen-bond acceptors (Lipinski definition) is 6. The lowest BCUT2D eigenvalue weighted by molar-refractivity contribution is 0.202. The fraction of sp³-hybridized carbons (Fsp3) is 0.417. The Bertz CT molecular complexity index is 1460. The molecule has 4 saturated carbocycles. The molecule has 4 N–H and O–H groups in total. The van der Waals surface area contributed by atoms with Crippen LogP contribution in [0.2, 0.25) is 0 Å². The lowest BCUT2D eigenvalue weighted by Gasteiger charge is -2.49. The summed E-state index contributed by atoms with van der Waals surface area (Å²) in [6.07, 6.45) is -4.22. The normalized spacial score (nSPS) is 31.6. The number of hydrogen-bond donors (Lipinski definition) is 4. The van der Waals surface area contributed by atoms with Gasteiger partial charge in [-0.05, 0) is 38.0 Å². The monoisotopic (exact) mass is 616 g/mol. The highest BCUT2D eigenvalue weighted by molar-refractivity contribution is 5.55. The molecule has 1 aliphatic heterocycles. The zero-order chi connectivity index (χ0) is 30.5. The van der Waals surface area contributed by atoms with Crippen molar-refractivity contribution in [2.75, 3.05) is 10.6 Å². The highest BCUT2D eigenvalue weighted by atomic mass is 19.2. The van der Waals surface area contributed by atoms with E-state index in [0.717, 1.165) is 0 Å². The Kier molecular flexibility index (Phi) is 6.10. The Balaban J connectivity index is 1.46. The van der Waals surface area contributed by atoms with Gasteiger partial charge < -0.3 is 21.3 Å². The molecule has 0 saturated heterocycles. The van der Waals surface area contributed by atoms with Crippen LogP contribution >= 0.6 is 0 Å². The number of dihydropyridines is 1. The lowest BCUT2D eigenvalue weighted by atomic mass is 9.69. The molecule has 4 aliphatic carbocycles. The predicted octanol–water partition coefficient (Wildman–Crippen LogP) is 5.71. The van der Waals surface area contributed by atoms with Gasteiger partial charge in [0.15, 0.2) is 5.83 Å². The molecule has 226 valence electrons. The van der Waals surface area contributed by atoms with Crippen LogP contribution in [0.25, 0.3) is 0 Å². The molecule has 0 amide bonds. The first kappa shape index (κ1) is 28.3. The molecule has 5 aliphatic rings. The van der Waals surface area contributed by atoms with Crippen LogP contribution in [0.3, 0.4) is 0 Å². The molecular weight excluding hydrogens is 600 g/mol. The molecule has 2 aromatic rings. The molecule has 3 unspecified atom stereocenters. The summed E-state index contributed by atoms with van der Waals surface area (Å²) >= 11 is 0. The molecule has 2 aromatic heterocycles. The fourth-order valence-corrected chi connectivity index (χ4v) is 7.16. The van der Waals surface area contributed by atoms with Crippen LogP contribution < -0.4 is 21.3 Å². The molecule has 6 nitrogen and oxygen atoms in total. The second kappa shape index (κ2) is 9.07. The van der Waals surface area contributed by atoms with Gasteiger partial charge in [0, 0.05) is 16.6 Å². The van der Waals surface area contributed by atoms with Gasteiger partial charge in [0.05, 0.1) is 0 Å². The first-order chi connectivity index (χ1) is 19.6. The van der Waals surface area contributed by atoms with Crippen molar-refractivity contribution in [2.45, 2.75) is 55.0 Å². The third kappa shape index (κ3) is 4.04. The molecule has 3 atom stereocenters. The Morgan fingerprint density at radius 2 is 1.05 bits per heavy atom. The van der Waals surface area contributed by atoms with Crippen molar-refractivity contribution in [3.8, 4) is 0 Å². The maximum Gasteiger partial charge on any atom is 0.253 e. The molecule has 3 heterocycles. The topological polar surface area (TPSA) is 73.9 Å². The molecule has 7 rings (SSSR count). The average Bonchev–Trinajstić information content (AvgIpc) is 3.27. The van der Waals surface area contributed by atoms with E-state index in [0.29, 0.717) is 0 Å². The third-order valence-electron chi connectivity index (χ3n) is 8.32.